The van der Waals surface area contributed by atoms with Crippen LogP contribution in [0.2, 0.25) is 0 Å². The summed E-state index contributed by atoms with van der Waals surface area (Å²) in [5, 5.41) is 5.68. The first-order valence-electron chi connectivity index (χ1n) is 8.92. The minimum atomic E-state index is -0.597. The molecular formula is C20H20N4O5S. The van der Waals surface area contributed by atoms with Gasteiger partial charge in [-0.2, -0.15) is 0 Å². The molecule has 0 aliphatic heterocycles. The summed E-state index contributed by atoms with van der Waals surface area (Å²) >= 11 is 1.09. The molecule has 0 atom stereocenters. The highest BCUT2D eigenvalue weighted by molar-refractivity contribution is 7.99. The number of rotatable bonds is 8. The van der Waals surface area contributed by atoms with E-state index in [1.54, 1.807) is 36.4 Å². The summed E-state index contributed by atoms with van der Waals surface area (Å²) in [5.74, 6) is 0.352. The van der Waals surface area contributed by atoms with Gasteiger partial charge in [0.05, 0.1) is 31.4 Å². The minimum Gasteiger partial charge on any atom is -0.495 e. The van der Waals surface area contributed by atoms with Crippen molar-refractivity contribution in [1.29, 1.82) is 0 Å². The maximum atomic E-state index is 12.6. The molecule has 0 aliphatic carbocycles. The maximum Gasteiger partial charge on any atom is 0.266 e. The van der Waals surface area contributed by atoms with E-state index in [1.165, 1.54) is 31.2 Å². The van der Waals surface area contributed by atoms with Crippen molar-refractivity contribution in [1.82, 2.24) is 14.9 Å². The molecule has 9 nitrogen and oxygen atoms in total. The van der Waals surface area contributed by atoms with Gasteiger partial charge in [-0.25, -0.2) is 4.98 Å². The summed E-state index contributed by atoms with van der Waals surface area (Å²) in [6.07, 6.45) is 2.73. The molecule has 0 aliphatic rings. The Labute approximate surface area is 176 Å². The molecule has 2 aromatic heterocycles. The number of carbonyl (C=O) groups excluding carboxylic acids is 2. The highest BCUT2D eigenvalue weighted by Crippen LogP contribution is 2.23. The first-order chi connectivity index (χ1) is 14.5. The molecule has 1 aromatic carbocycles. The molecule has 30 heavy (non-hydrogen) atoms. The summed E-state index contributed by atoms with van der Waals surface area (Å²) in [7, 11) is 2.99. The lowest BCUT2D eigenvalue weighted by Crippen LogP contribution is -2.30. The van der Waals surface area contributed by atoms with E-state index in [0.717, 1.165) is 11.8 Å². The van der Waals surface area contributed by atoms with Gasteiger partial charge in [-0.3, -0.25) is 19.0 Å². The first kappa shape index (κ1) is 21.2. The molecule has 0 saturated heterocycles. The zero-order valence-corrected chi connectivity index (χ0v) is 17.2. The molecule has 0 fully saturated rings. The largest absolute Gasteiger partial charge is 0.495 e. The number of benzene rings is 1. The molecule has 0 saturated carbocycles. The molecule has 0 unspecified atom stereocenters. The Kier molecular flexibility index (Phi) is 6.91. The number of anilines is 1. The molecule has 0 spiro atoms. The number of ether oxygens (including phenoxy) is 1. The number of nitrogens with one attached hydrogen (secondary N) is 2. The van der Waals surface area contributed by atoms with Crippen LogP contribution in [0.15, 0.2) is 63.2 Å². The summed E-state index contributed by atoms with van der Waals surface area (Å²) in [5.41, 5.74) is -0.190. The van der Waals surface area contributed by atoms with E-state index in [0.29, 0.717) is 22.4 Å². The number of methoxy groups -OCH3 is 1. The topological polar surface area (TPSA) is 115 Å². The number of thioether (sulfide) groups is 1. The van der Waals surface area contributed by atoms with Crippen molar-refractivity contribution in [3.05, 3.63) is 70.5 Å². The Hall–Kier alpha value is -3.53. The Balaban J connectivity index is 1.64. The quantitative estimate of drug-likeness (QED) is 0.417. The van der Waals surface area contributed by atoms with Gasteiger partial charge < -0.3 is 19.8 Å². The average molecular weight is 428 g/mol. The summed E-state index contributed by atoms with van der Waals surface area (Å²) in [6, 6.07) is 10.4. The number of amides is 2. The van der Waals surface area contributed by atoms with Gasteiger partial charge in [0.2, 0.25) is 5.91 Å². The highest BCUT2D eigenvalue weighted by atomic mass is 32.2. The van der Waals surface area contributed by atoms with Gasteiger partial charge in [-0.1, -0.05) is 23.9 Å². The van der Waals surface area contributed by atoms with E-state index in [-0.39, 0.29) is 23.8 Å². The highest BCUT2D eigenvalue weighted by Gasteiger charge is 2.17. The number of hydrogen-bond donors (Lipinski definition) is 2. The fraction of sp³-hybridized carbons (Fsp3) is 0.200. The van der Waals surface area contributed by atoms with Crippen molar-refractivity contribution in [2.45, 2.75) is 11.7 Å². The number of aromatic nitrogens is 2. The van der Waals surface area contributed by atoms with Crippen LogP contribution in [0.1, 0.15) is 16.1 Å². The van der Waals surface area contributed by atoms with Crippen LogP contribution in [-0.2, 0) is 18.4 Å². The number of hydrogen-bond acceptors (Lipinski definition) is 7. The van der Waals surface area contributed by atoms with Gasteiger partial charge in [0.1, 0.15) is 17.1 Å². The van der Waals surface area contributed by atoms with Crippen LogP contribution in [0, 0.1) is 0 Å². The first-order valence-corrected chi connectivity index (χ1v) is 9.90. The molecule has 3 rings (SSSR count). The second-order valence-corrected chi connectivity index (χ2v) is 7.06. The van der Waals surface area contributed by atoms with Crippen LogP contribution in [0.5, 0.6) is 5.75 Å². The standard InChI is InChI=1S/C20H20N4O5S/c1-24-19(27)14(18(26)23-15-7-3-4-8-16(15)28-2)11-22-20(24)30-12-17(25)21-10-13-6-5-9-29-13/h3-9,11H,10,12H2,1-2H3,(H,21,25)(H,23,26). The third kappa shape index (κ3) is 5.09. The number of nitrogens with zero attached hydrogens (tertiary/aromatic N) is 2. The fourth-order valence-corrected chi connectivity index (χ4v) is 3.30. The van der Waals surface area contributed by atoms with Crippen molar-refractivity contribution in [3.8, 4) is 5.75 Å². The Morgan fingerprint density at radius 2 is 2.03 bits per heavy atom. The van der Waals surface area contributed by atoms with Crippen LogP contribution in [0.25, 0.3) is 0 Å². The third-order valence-corrected chi connectivity index (χ3v) is 5.14. The van der Waals surface area contributed by atoms with Gasteiger partial charge >= 0.3 is 0 Å². The van der Waals surface area contributed by atoms with Crippen molar-refractivity contribution in [3.63, 3.8) is 0 Å². The summed E-state index contributed by atoms with van der Waals surface area (Å²) in [4.78, 5) is 41.3. The van der Waals surface area contributed by atoms with Crippen molar-refractivity contribution >= 4 is 29.3 Å². The number of carbonyl (C=O) groups is 2. The normalized spacial score (nSPS) is 10.5. The summed E-state index contributed by atoms with van der Waals surface area (Å²) in [6.45, 7) is 0.279. The van der Waals surface area contributed by atoms with Crippen molar-refractivity contribution in [2.24, 2.45) is 7.05 Å². The summed E-state index contributed by atoms with van der Waals surface area (Å²) < 4.78 is 11.6. The van der Waals surface area contributed by atoms with Crippen LogP contribution in [-0.4, -0.2) is 34.2 Å². The number of para-hydroxylation sites is 2. The van der Waals surface area contributed by atoms with Gasteiger partial charge in [-0.15, -0.1) is 0 Å². The fourth-order valence-electron chi connectivity index (χ4n) is 2.54. The van der Waals surface area contributed by atoms with Crippen LogP contribution in [0.4, 0.5) is 5.69 Å². The van der Waals surface area contributed by atoms with Crippen molar-refractivity contribution in [2.75, 3.05) is 18.2 Å². The zero-order chi connectivity index (χ0) is 21.5. The van der Waals surface area contributed by atoms with E-state index >= 15 is 0 Å². The Bertz CT molecular complexity index is 1090. The van der Waals surface area contributed by atoms with Crippen LogP contribution >= 0.6 is 11.8 Å². The molecular weight excluding hydrogens is 408 g/mol. The lowest BCUT2D eigenvalue weighted by Gasteiger charge is -2.11. The Morgan fingerprint density at radius 3 is 2.77 bits per heavy atom. The second kappa shape index (κ2) is 9.79. The number of furan rings is 1. The predicted octanol–water partition coefficient (Wildman–Crippen LogP) is 2.04. The monoisotopic (exact) mass is 428 g/mol. The van der Waals surface area contributed by atoms with E-state index in [2.05, 4.69) is 15.6 Å². The van der Waals surface area contributed by atoms with E-state index in [9.17, 15) is 14.4 Å². The SMILES string of the molecule is COc1ccccc1NC(=O)c1cnc(SCC(=O)NCc2ccco2)n(C)c1=O. The van der Waals surface area contributed by atoms with E-state index in [4.69, 9.17) is 9.15 Å². The maximum absolute atomic E-state index is 12.6. The Morgan fingerprint density at radius 1 is 1.23 bits per heavy atom. The zero-order valence-electron chi connectivity index (χ0n) is 16.4. The molecule has 3 aromatic rings. The molecule has 10 heteroatoms. The lowest BCUT2D eigenvalue weighted by molar-refractivity contribution is -0.118. The predicted molar refractivity (Wildman–Crippen MR) is 112 cm³/mol. The lowest BCUT2D eigenvalue weighted by atomic mass is 10.2. The van der Waals surface area contributed by atoms with Crippen LogP contribution in [0.3, 0.4) is 0 Å². The van der Waals surface area contributed by atoms with Gasteiger partial charge in [-0.05, 0) is 24.3 Å². The molecule has 2 N–H and O–H groups in total. The molecule has 2 amide bonds. The molecule has 156 valence electrons. The average Bonchev–Trinajstić information content (AvgIpc) is 3.27. The van der Waals surface area contributed by atoms with Gasteiger partial charge in [0, 0.05) is 13.2 Å². The van der Waals surface area contributed by atoms with E-state index in [1.807, 2.05) is 0 Å². The third-order valence-electron chi connectivity index (χ3n) is 4.10. The molecule has 2 heterocycles. The second-order valence-electron chi connectivity index (χ2n) is 6.12. The smallest absolute Gasteiger partial charge is 0.266 e. The minimum absolute atomic E-state index is 0.0632. The van der Waals surface area contributed by atoms with E-state index < -0.39 is 11.5 Å². The van der Waals surface area contributed by atoms with Gasteiger partial charge in [0.25, 0.3) is 11.5 Å². The van der Waals surface area contributed by atoms with Gasteiger partial charge in [0.15, 0.2) is 5.16 Å². The molecule has 0 bridgehead atoms. The molecule has 0 radical (unpaired) electrons. The van der Waals surface area contributed by atoms with Crippen molar-refractivity contribution < 1.29 is 18.7 Å². The van der Waals surface area contributed by atoms with Crippen LogP contribution < -0.4 is 20.9 Å².